The molecule has 6 heteroatoms. The molecule has 0 saturated carbocycles. The van der Waals surface area contributed by atoms with Gasteiger partial charge in [0, 0.05) is 19.3 Å². The maximum Gasteiger partial charge on any atom is 0.306 e. The molecule has 56 heavy (non-hydrogen) atoms. The van der Waals surface area contributed by atoms with Crippen LogP contribution in [0.25, 0.3) is 0 Å². The summed E-state index contributed by atoms with van der Waals surface area (Å²) in [5, 5.41) is 0. The molecule has 0 fully saturated rings. The Morgan fingerprint density at radius 2 is 0.696 bits per heavy atom. The van der Waals surface area contributed by atoms with Crippen LogP contribution >= 0.6 is 0 Å². The quantitative estimate of drug-likeness (QED) is 0.0269. The first-order chi connectivity index (χ1) is 27.5. The molecule has 0 bridgehead atoms. The predicted molar refractivity (Wildman–Crippen MR) is 237 cm³/mol. The fraction of sp³-hybridized carbons (Fsp3) is 0.620. The first-order valence-corrected chi connectivity index (χ1v) is 22.2. The highest BCUT2D eigenvalue weighted by molar-refractivity contribution is 5.71. The van der Waals surface area contributed by atoms with Gasteiger partial charge < -0.3 is 14.2 Å². The lowest BCUT2D eigenvalue weighted by Crippen LogP contribution is -2.30. The zero-order chi connectivity index (χ0) is 40.8. The van der Waals surface area contributed by atoms with E-state index in [2.05, 4.69) is 118 Å². The molecule has 0 aliphatic rings. The van der Waals surface area contributed by atoms with Crippen molar-refractivity contribution >= 4 is 17.9 Å². The van der Waals surface area contributed by atoms with Gasteiger partial charge in [-0.25, -0.2) is 0 Å². The average Bonchev–Trinajstić information content (AvgIpc) is 3.19. The van der Waals surface area contributed by atoms with Crippen molar-refractivity contribution in [1.82, 2.24) is 0 Å². The molecule has 0 N–H and O–H groups in total. The Morgan fingerprint density at radius 3 is 1.09 bits per heavy atom. The Balaban J connectivity index is 4.53. The van der Waals surface area contributed by atoms with Crippen LogP contribution in [0.5, 0.6) is 0 Å². The van der Waals surface area contributed by atoms with E-state index in [1.54, 1.807) is 0 Å². The molecular formula is C50H80O6. The van der Waals surface area contributed by atoms with Gasteiger partial charge in [-0.3, -0.25) is 14.4 Å². The lowest BCUT2D eigenvalue weighted by Gasteiger charge is -2.18. The SMILES string of the molecule is CC/C=C\C/C=C\C/C=C\C/C=C\C/C=C\CCCC(=O)OCC(COC(=O)CCCCCCCCCCCC)OC(=O)CCC/C=C\C/C=C\C/C=C\CC. The van der Waals surface area contributed by atoms with Crippen LogP contribution in [0.4, 0.5) is 0 Å². The highest BCUT2D eigenvalue weighted by Gasteiger charge is 2.19. The Morgan fingerprint density at radius 1 is 0.375 bits per heavy atom. The van der Waals surface area contributed by atoms with Crippen LogP contribution in [0.2, 0.25) is 0 Å². The molecule has 0 heterocycles. The van der Waals surface area contributed by atoms with E-state index in [0.29, 0.717) is 19.3 Å². The standard InChI is InChI=1S/C50H80O6/c1-4-7-10-13-16-19-22-23-24-25-26-27-29-31-34-37-40-43-49(52)55-46-47(45-54-48(51)42-39-36-33-30-21-18-15-12-9-6-3)56-50(53)44-41-38-35-32-28-20-17-14-11-8-5-2/h7-8,10-11,16-17,19-20,23-24,26-27,31-32,34-35,47H,4-6,9,12-15,18,21-22,25,28-30,33,36-46H2,1-3H3/b10-7-,11-8-,19-16-,20-17-,24-23-,27-26-,34-31-,35-32-. The zero-order valence-corrected chi connectivity index (χ0v) is 35.9. The fourth-order valence-corrected chi connectivity index (χ4v) is 5.56. The van der Waals surface area contributed by atoms with Gasteiger partial charge in [0.05, 0.1) is 0 Å². The summed E-state index contributed by atoms with van der Waals surface area (Å²) in [6.45, 7) is 6.26. The molecule has 0 aliphatic heterocycles. The summed E-state index contributed by atoms with van der Waals surface area (Å²) in [4.78, 5) is 37.6. The van der Waals surface area contributed by atoms with Crippen LogP contribution in [0.3, 0.4) is 0 Å². The average molecular weight is 777 g/mol. The Hall–Kier alpha value is -3.67. The Kier molecular flexibility index (Phi) is 41.2. The largest absolute Gasteiger partial charge is 0.462 e. The number of unbranched alkanes of at least 4 members (excludes halogenated alkanes) is 11. The van der Waals surface area contributed by atoms with Crippen molar-refractivity contribution < 1.29 is 28.6 Å². The van der Waals surface area contributed by atoms with Crippen LogP contribution in [-0.2, 0) is 28.6 Å². The van der Waals surface area contributed by atoms with Crippen molar-refractivity contribution in [1.29, 1.82) is 0 Å². The second-order valence-electron chi connectivity index (χ2n) is 14.2. The second-order valence-corrected chi connectivity index (χ2v) is 14.2. The molecule has 1 atom stereocenters. The van der Waals surface area contributed by atoms with Gasteiger partial charge in [-0.2, -0.15) is 0 Å². The highest BCUT2D eigenvalue weighted by atomic mass is 16.6. The monoisotopic (exact) mass is 777 g/mol. The molecule has 316 valence electrons. The number of hydrogen-bond donors (Lipinski definition) is 0. The fourth-order valence-electron chi connectivity index (χ4n) is 5.56. The first-order valence-electron chi connectivity index (χ1n) is 22.2. The van der Waals surface area contributed by atoms with Crippen molar-refractivity contribution in [2.75, 3.05) is 13.2 Å². The topological polar surface area (TPSA) is 78.9 Å². The van der Waals surface area contributed by atoms with Crippen molar-refractivity contribution in [3.8, 4) is 0 Å². The third kappa shape index (κ3) is 41.5. The number of carbonyl (C=O) groups excluding carboxylic acids is 3. The second kappa shape index (κ2) is 44.0. The van der Waals surface area contributed by atoms with E-state index >= 15 is 0 Å². The van der Waals surface area contributed by atoms with Gasteiger partial charge in [0.1, 0.15) is 13.2 Å². The molecule has 0 saturated heterocycles. The number of hydrogen-bond acceptors (Lipinski definition) is 6. The van der Waals surface area contributed by atoms with Crippen molar-refractivity contribution in [3.05, 3.63) is 97.2 Å². The normalized spacial score (nSPS) is 13.0. The minimum Gasteiger partial charge on any atom is -0.462 e. The van der Waals surface area contributed by atoms with Crippen molar-refractivity contribution in [2.45, 2.75) is 187 Å². The number of ether oxygens (including phenoxy) is 3. The van der Waals surface area contributed by atoms with Gasteiger partial charge in [0.15, 0.2) is 6.10 Å². The van der Waals surface area contributed by atoms with Crippen LogP contribution in [0, 0.1) is 0 Å². The van der Waals surface area contributed by atoms with Gasteiger partial charge in [-0.15, -0.1) is 0 Å². The molecular weight excluding hydrogens is 697 g/mol. The molecule has 1 unspecified atom stereocenters. The van der Waals surface area contributed by atoms with E-state index in [0.717, 1.165) is 83.5 Å². The van der Waals surface area contributed by atoms with Crippen LogP contribution in [0.15, 0.2) is 97.2 Å². The van der Waals surface area contributed by atoms with Gasteiger partial charge in [0.25, 0.3) is 0 Å². The van der Waals surface area contributed by atoms with E-state index in [9.17, 15) is 14.4 Å². The highest BCUT2D eigenvalue weighted by Crippen LogP contribution is 2.12. The smallest absolute Gasteiger partial charge is 0.306 e. The van der Waals surface area contributed by atoms with E-state index in [-0.39, 0.29) is 44.0 Å². The summed E-state index contributed by atoms with van der Waals surface area (Å²) in [6.07, 6.45) is 56.9. The Labute approximate surface area is 343 Å². The summed E-state index contributed by atoms with van der Waals surface area (Å²) in [6, 6.07) is 0. The third-order valence-electron chi connectivity index (χ3n) is 8.83. The zero-order valence-electron chi connectivity index (χ0n) is 35.9. The van der Waals surface area contributed by atoms with Gasteiger partial charge in [-0.1, -0.05) is 176 Å². The minimum atomic E-state index is -0.823. The van der Waals surface area contributed by atoms with Crippen molar-refractivity contribution in [2.24, 2.45) is 0 Å². The number of esters is 3. The summed E-state index contributed by atoms with van der Waals surface area (Å²) in [5.74, 6) is -1.04. The van der Waals surface area contributed by atoms with Crippen LogP contribution in [-0.4, -0.2) is 37.2 Å². The summed E-state index contributed by atoms with van der Waals surface area (Å²) < 4.78 is 16.6. The van der Waals surface area contributed by atoms with Crippen molar-refractivity contribution in [3.63, 3.8) is 0 Å². The number of carbonyl (C=O) groups is 3. The lowest BCUT2D eigenvalue weighted by molar-refractivity contribution is -0.167. The summed E-state index contributed by atoms with van der Waals surface area (Å²) in [7, 11) is 0. The molecule has 0 aromatic rings. The minimum absolute atomic E-state index is 0.116. The molecule has 0 radical (unpaired) electrons. The molecule has 6 nitrogen and oxygen atoms in total. The van der Waals surface area contributed by atoms with Gasteiger partial charge in [0.2, 0.25) is 0 Å². The predicted octanol–water partition coefficient (Wildman–Crippen LogP) is 14.2. The molecule has 0 aliphatic carbocycles. The molecule has 0 amide bonds. The van der Waals surface area contributed by atoms with Gasteiger partial charge in [-0.05, 0) is 83.5 Å². The Bertz CT molecular complexity index is 1170. The maximum absolute atomic E-state index is 12.7. The van der Waals surface area contributed by atoms with E-state index in [1.165, 1.54) is 44.9 Å². The third-order valence-corrected chi connectivity index (χ3v) is 8.83. The molecule has 0 rings (SSSR count). The molecule has 0 aromatic carbocycles. The van der Waals surface area contributed by atoms with E-state index < -0.39 is 6.10 Å². The number of rotatable bonds is 38. The molecule has 0 aromatic heterocycles. The first kappa shape index (κ1) is 52.3. The van der Waals surface area contributed by atoms with Crippen LogP contribution < -0.4 is 0 Å². The maximum atomic E-state index is 12.7. The van der Waals surface area contributed by atoms with Gasteiger partial charge >= 0.3 is 17.9 Å². The van der Waals surface area contributed by atoms with Crippen LogP contribution in [0.1, 0.15) is 181 Å². The number of allylic oxidation sites excluding steroid dienone is 16. The lowest BCUT2D eigenvalue weighted by atomic mass is 10.1. The molecule has 0 spiro atoms. The summed E-state index contributed by atoms with van der Waals surface area (Å²) >= 11 is 0. The van der Waals surface area contributed by atoms with E-state index in [4.69, 9.17) is 14.2 Å². The summed E-state index contributed by atoms with van der Waals surface area (Å²) in [5.41, 5.74) is 0. The van der Waals surface area contributed by atoms with E-state index in [1.807, 2.05) is 0 Å².